The van der Waals surface area contributed by atoms with Gasteiger partial charge in [-0.15, -0.1) is 0 Å². The van der Waals surface area contributed by atoms with Gasteiger partial charge in [0.25, 0.3) is 0 Å². The van der Waals surface area contributed by atoms with Gasteiger partial charge in [-0.3, -0.25) is 4.90 Å². The highest BCUT2D eigenvalue weighted by atomic mass is 35.5. The molecule has 0 aromatic carbocycles. The first-order valence-electron chi connectivity index (χ1n) is 11.2. The molecule has 0 N–H and O–H groups in total. The van der Waals surface area contributed by atoms with Crippen molar-refractivity contribution in [3.63, 3.8) is 0 Å². The molecular weight excluding hydrogens is 418 g/mol. The van der Waals surface area contributed by atoms with E-state index < -0.39 is 5.60 Å². The molecule has 1 amide bonds. The van der Waals surface area contributed by atoms with Crippen LogP contribution >= 0.6 is 11.6 Å². The van der Waals surface area contributed by atoms with Gasteiger partial charge in [0.2, 0.25) is 0 Å². The molecule has 3 aliphatic heterocycles. The summed E-state index contributed by atoms with van der Waals surface area (Å²) in [4.78, 5) is 21.4. The van der Waals surface area contributed by atoms with E-state index in [2.05, 4.69) is 9.88 Å². The molecule has 3 aliphatic rings. The van der Waals surface area contributed by atoms with Crippen molar-refractivity contribution >= 4 is 34.4 Å². The zero-order chi connectivity index (χ0) is 21.8. The summed E-state index contributed by atoms with van der Waals surface area (Å²) in [6.07, 6.45) is 6.63. The van der Waals surface area contributed by atoms with E-state index >= 15 is 0 Å². The lowest BCUT2D eigenvalue weighted by atomic mass is 10.1. The molecule has 3 fully saturated rings. The molecule has 8 nitrogen and oxygen atoms in total. The summed E-state index contributed by atoms with van der Waals surface area (Å²) in [5.74, 6) is 0.897. The molecule has 2 aromatic rings. The smallest absolute Gasteiger partial charge is 0.410 e. The fourth-order valence-electron chi connectivity index (χ4n) is 5.05. The number of nitrogens with zero attached hydrogens (tertiary/aromatic N) is 5. The Morgan fingerprint density at radius 3 is 2.58 bits per heavy atom. The number of amides is 1. The summed E-state index contributed by atoms with van der Waals surface area (Å²) >= 11 is 6.22. The second kappa shape index (κ2) is 7.81. The summed E-state index contributed by atoms with van der Waals surface area (Å²) in [5, 5.41) is 6.41. The van der Waals surface area contributed by atoms with Gasteiger partial charge in [0.1, 0.15) is 10.8 Å². The van der Waals surface area contributed by atoms with Crippen LogP contribution in [0, 0.1) is 0 Å². The van der Waals surface area contributed by atoms with Crippen LogP contribution in [0.2, 0.25) is 5.15 Å². The number of rotatable bonds is 2. The predicted octanol–water partition coefficient (Wildman–Crippen LogP) is 4.37. The number of piperazine rings is 1. The quantitative estimate of drug-likeness (QED) is 0.636. The number of carbonyl (C=O) groups is 1. The van der Waals surface area contributed by atoms with Gasteiger partial charge in [-0.1, -0.05) is 11.6 Å². The average Bonchev–Trinajstić information content (AvgIpc) is 3.22. The lowest BCUT2D eigenvalue weighted by Crippen LogP contribution is -2.57. The van der Waals surface area contributed by atoms with E-state index in [-0.39, 0.29) is 24.4 Å². The first-order chi connectivity index (χ1) is 14.8. The first-order valence-corrected chi connectivity index (χ1v) is 11.6. The SMILES string of the molecule is CC(C)(C)OC(=O)N1C2CCC1CN(c1nn(C3CCCCO3)c3cc(Cl)ncc13)C2. The van der Waals surface area contributed by atoms with Crippen molar-refractivity contribution in [3.8, 4) is 0 Å². The fraction of sp³-hybridized carbons (Fsp3) is 0.682. The van der Waals surface area contributed by atoms with Crippen LogP contribution in [0.15, 0.2) is 12.3 Å². The highest BCUT2D eigenvalue weighted by molar-refractivity contribution is 6.30. The predicted molar refractivity (Wildman–Crippen MR) is 118 cm³/mol. The van der Waals surface area contributed by atoms with Crippen molar-refractivity contribution in [1.82, 2.24) is 19.7 Å². The van der Waals surface area contributed by atoms with Crippen LogP contribution in [0.3, 0.4) is 0 Å². The largest absolute Gasteiger partial charge is 0.444 e. The topological polar surface area (TPSA) is 72.7 Å². The highest BCUT2D eigenvalue weighted by Gasteiger charge is 2.45. The molecule has 9 heteroatoms. The van der Waals surface area contributed by atoms with Crippen molar-refractivity contribution in [2.75, 3.05) is 24.6 Å². The van der Waals surface area contributed by atoms with E-state index in [1.807, 2.05) is 42.6 Å². The Morgan fingerprint density at radius 1 is 1.19 bits per heavy atom. The number of halogens is 1. The number of carbonyl (C=O) groups excluding carboxylic acids is 1. The van der Waals surface area contributed by atoms with Gasteiger partial charge in [0.15, 0.2) is 12.0 Å². The third-order valence-electron chi connectivity index (χ3n) is 6.35. The van der Waals surface area contributed by atoms with E-state index in [4.69, 9.17) is 26.2 Å². The number of aromatic nitrogens is 3. The maximum atomic E-state index is 12.8. The first kappa shape index (κ1) is 20.8. The van der Waals surface area contributed by atoms with Crippen molar-refractivity contribution in [3.05, 3.63) is 17.4 Å². The van der Waals surface area contributed by atoms with Crippen molar-refractivity contribution in [2.45, 2.75) is 76.8 Å². The molecule has 3 atom stereocenters. The molecule has 0 spiro atoms. The minimum atomic E-state index is -0.492. The fourth-order valence-corrected chi connectivity index (χ4v) is 5.20. The van der Waals surface area contributed by atoms with Crippen LogP contribution in [0.25, 0.3) is 10.9 Å². The summed E-state index contributed by atoms with van der Waals surface area (Å²) in [6, 6.07) is 2.12. The molecule has 5 heterocycles. The van der Waals surface area contributed by atoms with Crippen molar-refractivity contribution < 1.29 is 14.3 Å². The molecule has 168 valence electrons. The number of hydrogen-bond acceptors (Lipinski definition) is 6. The number of ether oxygens (including phenoxy) is 2. The van der Waals surface area contributed by atoms with Crippen LogP contribution in [-0.4, -0.2) is 63.1 Å². The van der Waals surface area contributed by atoms with Crippen molar-refractivity contribution in [2.24, 2.45) is 0 Å². The highest BCUT2D eigenvalue weighted by Crippen LogP contribution is 2.37. The number of fused-ring (bicyclic) bond motifs is 3. The minimum absolute atomic E-state index is 0.0803. The van der Waals surface area contributed by atoms with E-state index in [1.54, 1.807) is 0 Å². The Morgan fingerprint density at radius 2 is 1.94 bits per heavy atom. The minimum Gasteiger partial charge on any atom is -0.444 e. The molecule has 3 unspecified atom stereocenters. The summed E-state index contributed by atoms with van der Waals surface area (Å²) in [7, 11) is 0. The molecule has 0 aliphatic carbocycles. The normalized spacial score (nSPS) is 26.5. The van der Waals surface area contributed by atoms with Gasteiger partial charge in [-0.2, -0.15) is 5.10 Å². The second-order valence-corrected chi connectivity index (χ2v) is 10.2. The third kappa shape index (κ3) is 3.96. The Labute approximate surface area is 187 Å². The Hall–Kier alpha value is -2.06. The lowest BCUT2D eigenvalue weighted by Gasteiger charge is -2.41. The van der Waals surface area contributed by atoms with Crippen LogP contribution in [0.1, 0.15) is 59.1 Å². The summed E-state index contributed by atoms with van der Waals surface area (Å²) in [5.41, 5.74) is 0.455. The van der Waals surface area contributed by atoms with E-state index in [9.17, 15) is 4.79 Å². The van der Waals surface area contributed by atoms with E-state index in [0.29, 0.717) is 5.15 Å². The average molecular weight is 448 g/mol. The van der Waals surface area contributed by atoms with E-state index in [0.717, 1.165) is 68.5 Å². The zero-order valence-electron chi connectivity index (χ0n) is 18.4. The van der Waals surface area contributed by atoms with Crippen LogP contribution < -0.4 is 4.90 Å². The Balaban J connectivity index is 1.44. The van der Waals surface area contributed by atoms with Crippen LogP contribution in [0.5, 0.6) is 0 Å². The molecule has 0 radical (unpaired) electrons. The van der Waals surface area contributed by atoms with Gasteiger partial charge in [-0.05, 0) is 52.9 Å². The standard InChI is InChI=1S/C22H30ClN5O3/c1-22(2,3)31-21(29)27-14-7-8-15(27)13-26(12-14)20-16-11-24-18(23)10-17(16)28(25-20)19-6-4-5-9-30-19/h10-11,14-15,19H,4-9,12-13H2,1-3H3. The van der Waals surface area contributed by atoms with Crippen molar-refractivity contribution in [1.29, 1.82) is 0 Å². The molecule has 2 bridgehead atoms. The molecular formula is C22H30ClN5O3. The zero-order valence-corrected chi connectivity index (χ0v) is 19.1. The van der Waals surface area contributed by atoms with Crippen LogP contribution in [-0.2, 0) is 9.47 Å². The second-order valence-electron chi connectivity index (χ2n) is 9.79. The number of pyridine rings is 1. The maximum Gasteiger partial charge on any atom is 0.410 e. The van der Waals surface area contributed by atoms with Gasteiger partial charge >= 0.3 is 6.09 Å². The number of anilines is 1. The third-order valence-corrected chi connectivity index (χ3v) is 6.56. The van der Waals surface area contributed by atoms with Gasteiger partial charge in [0, 0.05) is 32.0 Å². The Bertz CT molecular complexity index is 967. The molecule has 2 aromatic heterocycles. The number of hydrogen-bond donors (Lipinski definition) is 0. The van der Waals surface area contributed by atoms with Gasteiger partial charge < -0.3 is 14.4 Å². The molecule has 0 saturated carbocycles. The van der Waals surface area contributed by atoms with Gasteiger partial charge in [0.05, 0.1) is 23.0 Å². The van der Waals surface area contributed by atoms with Crippen LogP contribution in [0.4, 0.5) is 10.6 Å². The molecule has 3 saturated heterocycles. The summed E-state index contributed by atoms with van der Waals surface area (Å²) < 4.78 is 13.7. The lowest BCUT2D eigenvalue weighted by molar-refractivity contribution is -0.0365. The monoisotopic (exact) mass is 447 g/mol. The summed E-state index contributed by atoms with van der Waals surface area (Å²) in [6.45, 7) is 7.94. The molecule has 31 heavy (non-hydrogen) atoms. The Kier molecular flexibility index (Phi) is 5.25. The maximum absolute atomic E-state index is 12.8. The molecule has 5 rings (SSSR count). The van der Waals surface area contributed by atoms with Gasteiger partial charge in [-0.25, -0.2) is 14.5 Å². The van der Waals surface area contributed by atoms with E-state index in [1.165, 1.54) is 0 Å².